The first-order chi connectivity index (χ1) is 8.58. The summed E-state index contributed by atoms with van der Waals surface area (Å²) in [6, 6.07) is 6.52. The number of anilines is 1. The lowest BCUT2D eigenvalue weighted by atomic mass is 10.1. The fourth-order valence-electron chi connectivity index (χ4n) is 1.90. The van der Waals surface area contributed by atoms with Crippen LogP contribution in [0.2, 0.25) is 0 Å². The van der Waals surface area contributed by atoms with Crippen LogP contribution in [0.25, 0.3) is 11.4 Å². The summed E-state index contributed by atoms with van der Waals surface area (Å²) in [6.07, 6.45) is 1.83. The third-order valence-electron chi connectivity index (χ3n) is 2.61. The van der Waals surface area contributed by atoms with Gasteiger partial charge in [0.25, 0.3) is 0 Å². The molecule has 0 saturated carbocycles. The zero-order chi connectivity index (χ0) is 13.1. The van der Waals surface area contributed by atoms with Crippen LogP contribution in [-0.4, -0.2) is 9.97 Å². The molecular weight excluding hydrogens is 229 g/mol. The van der Waals surface area contributed by atoms with Gasteiger partial charge in [-0.15, -0.1) is 0 Å². The topological polar surface area (TPSA) is 51.8 Å². The molecule has 3 nitrogen and oxygen atoms in total. The van der Waals surface area contributed by atoms with Gasteiger partial charge in [-0.3, -0.25) is 0 Å². The van der Waals surface area contributed by atoms with E-state index in [2.05, 4.69) is 16.9 Å². The molecule has 0 fully saturated rings. The van der Waals surface area contributed by atoms with Crippen LogP contribution in [0.5, 0.6) is 0 Å². The third kappa shape index (κ3) is 2.83. The van der Waals surface area contributed by atoms with E-state index in [1.165, 1.54) is 12.1 Å². The van der Waals surface area contributed by atoms with Crippen molar-refractivity contribution in [3.8, 4) is 11.4 Å². The zero-order valence-corrected chi connectivity index (χ0v) is 10.6. The summed E-state index contributed by atoms with van der Waals surface area (Å²) in [5.74, 6) is 0.625. The van der Waals surface area contributed by atoms with Crippen LogP contribution in [0.1, 0.15) is 24.6 Å². The maximum atomic E-state index is 13.4. The van der Waals surface area contributed by atoms with Crippen molar-refractivity contribution < 1.29 is 4.39 Å². The van der Waals surface area contributed by atoms with Gasteiger partial charge in [-0.25, -0.2) is 14.4 Å². The molecular formula is C14H16FN3. The molecule has 2 N–H and O–H groups in total. The van der Waals surface area contributed by atoms with Crippen molar-refractivity contribution in [2.45, 2.75) is 26.7 Å². The molecule has 4 heteroatoms. The van der Waals surface area contributed by atoms with Crippen LogP contribution in [0.3, 0.4) is 0 Å². The predicted molar refractivity (Wildman–Crippen MR) is 70.6 cm³/mol. The van der Waals surface area contributed by atoms with Gasteiger partial charge in [0, 0.05) is 17.3 Å². The van der Waals surface area contributed by atoms with E-state index in [9.17, 15) is 4.39 Å². The van der Waals surface area contributed by atoms with Crippen LogP contribution in [0, 0.1) is 12.7 Å². The van der Waals surface area contributed by atoms with E-state index in [-0.39, 0.29) is 5.82 Å². The second kappa shape index (κ2) is 5.12. The van der Waals surface area contributed by atoms with Crippen molar-refractivity contribution in [3.63, 3.8) is 0 Å². The molecule has 0 radical (unpaired) electrons. The molecule has 0 unspecified atom stereocenters. The Balaban J connectivity index is 2.49. The second-order valence-corrected chi connectivity index (χ2v) is 4.38. The smallest absolute Gasteiger partial charge is 0.161 e. The molecule has 0 amide bonds. The number of hydrogen-bond donors (Lipinski definition) is 1. The summed E-state index contributed by atoms with van der Waals surface area (Å²) in [6.45, 7) is 3.91. The standard InChI is InChI=1S/C14H16FN3/c1-3-4-12-8-13(16)18-14(17-12)10-5-9(2)6-11(15)7-10/h5-8H,3-4H2,1-2H3,(H2,16,17,18). The van der Waals surface area contributed by atoms with Gasteiger partial charge in [0.15, 0.2) is 5.82 Å². The number of halogens is 1. The maximum absolute atomic E-state index is 13.4. The SMILES string of the molecule is CCCc1cc(N)nc(-c2cc(C)cc(F)c2)n1. The van der Waals surface area contributed by atoms with Crippen molar-refractivity contribution in [2.24, 2.45) is 0 Å². The Hall–Kier alpha value is -1.97. The lowest BCUT2D eigenvalue weighted by Crippen LogP contribution is -2.00. The van der Waals surface area contributed by atoms with Crippen molar-refractivity contribution >= 4 is 5.82 Å². The van der Waals surface area contributed by atoms with Gasteiger partial charge in [-0.05, 0) is 37.1 Å². The number of aryl methyl sites for hydroxylation is 2. The lowest BCUT2D eigenvalue weighted by molar-refractivity contribution is 0.627. The molecule has 0 aliphatic heterocycles. The minimum absolute atomic E-state index is 0.284. The third-order valence-corrected chi connectivity index (χ3v) is 2.61. The molecule has 0 aliphatic carbocycles. The van der Waals surface area contributed by atoms with E-state index in [4.69, 9.17) is 5.73 Å². The summed E-state index contributed by atoms with van der Waals surface area (Å²) in [5, 5.41) is 0. The maximum Gasteiger partial charge on any atom is 0.161 e. The molecule has 0 atom stereocenters. The van der Waals surface area contributed by atoms with Crippen LogP contribution >= 0.6 is 0 Å². The molecule has 0 saturated heterocycles. The molecule has 2 rings (SSSR count). The van der Waals surface area contributed by atoms with Crippen molar-refractivity contribution in [1.82, 2.24) is 9.97 Å². The lowest BCUT2D eigenvalue weighted by Gasteiger charge is -2.06. The average Bonchev–Trinajstić information content (AvgIpc) is 2.27. The molecule has 94 valence electrons. The zero-order valence-electron chi connectivity index (χ0n) is 10.6. The summed E-state index contributed by atoms with van der Waals surface area (Å²) in [5.41, 5.74) is 8.15. The van der Waals surface area contributed by atoms with Gasteiger partial charge in [-0.1, -0.05) is 13.3 Å². The molecule has 0 bridgehead atoms. The fourth-order valence-corrected chi connectivity index (χ4v) is 1.90. The van der Waals surface area contributed by atoms with Gasteiger partial charge < -0.3 is 5.73 Å². The number of nitrogens with two attached hydrogens (primary N) is 1. The largest absolute Gasteiger partial charge is 0.384 e. The Morgan fingerprint density at radius 3 is 2.61 bits per heavy atom. The van der Waals surface area contributed by atoms with Crippen molar-refractivity contribution in [2.75, 3.05) is 5.73 Å². The van der Waals surface area contributed by atoms with E-state index in [0.717, 1.165) is 24.1 Å². The molecule has 18 heavy (non-hydrogen) atoms. The Morgan fingerprint density at radius 1 is 1.17 bits per heavy atom. The predicted octanol–water partition coefficient (Wildman–Crippen LogP) is 3.13. The van der Waals surface area contributed by atoms with Gasteiger partial charge in [-0.2, -0.15) is 0 Å². The van der Waals surface area contributed by atoms with Crippen molar-refractivity contribution in [3.05, 3.63) is 41.3 Å². The minimum atomic E-state index is -0.284. The first-order valence-electron chi connectivity index (χ1n) is 5.99. The van der Waals surface area contributed by atoms with E-state index in [1.807, 2.05) is 13.0 Å². The van der Waals surface area contributed by atoms with Crippen LogP contribution in [0.4, 0.5) is 10.2 Å². The summed E-state index contributed by atoms with van der Waals surface area (Å²) < 4.78 is 13.4. The normalized spacial score (nSPS) is 10.6. The first kappa shape index (κ1) is 12.5. The van der Waals surface area contributed by atoms with Crippen LogP contribution in [0.15, 0.2) is 24.3 Å². The minimum Gasteiger partial charge on any atom is -0.384 e. The Morgan fingerprint density at radius 2 is 1.94 bits per heavy atom. The van der Waals surface area contributed by atoms with Gasteiger partial charge in [0.05, 0.1) is 0 Å². The summed E-state index contributed by atoms with van der Waals surface area (Å²) >= 11 is 0. The van der Waals surface area contributed by atoms with E-state index >= 15 is 0 Å². The molecule has 1 aromatic carbocycles. The van der Waals surface area contributed by atoms with Gasteiger partial charge in [0.1, 0.15) is 11.6 Å². The fraction of sp³-hybridized carbons (Fsp3) is 0.286. The number of rotatable bonds is 3. The van der Waals surface area contributed by atoms with E-state index < -0.39 is 0 Å². The number of benzene rings is 1. The molecule has 1 aromatic heterocycles. The summed E-state index contributed by atoms with van der Waals surface area (Å²) in [4.78, 5) is 8.59. The Bertz CT molecular complexity index is 547. The summed E-state index contributed by atoms with van der Waals surface area (Å²) in [7, 11) is 0. The van der Waals surface area contributed by atoms with Crippen molar-refractivity contribution in [1.29, 1.82) is 0 Å². The number of hydrogen-bond acceptors (Lipinski definition) is 3. The van der Waals surface area contributed by atoms with Gasteiger partial charge >= 0.3 is 0 Å². The number of aromatic nitrogens is 2. The van der Waals surface area contributed by atoms with E-state index in [1.54, 1.807) is 6.07 Å². The molecule has 2 aromatic rings. The van der Waals surface area contributed by atoms with Crippen LogP contribution < -0.4 is 5.73 Å². The van der Waals surface area contributed by atoms with Crippen LogP contribution in [-0.2, 0) is 6.42 Å². The van der Waals surface area contributed by atoms with Gasteiger partial charge in [0.2, 0.25) is 0 Å². The molecule has 1 heterocycles. The monoisotopic (exact) mass is 245 g/mol. The second-order valence-electron chi connectivity index (χ2n) is 4.38. The Kier molecular flexibility index (Phi) is 3.55. The Labute approximate surface area is 106 Å². The highest BCUT2D eigenvalue weighted by Crippen LogP contribution is 2.20. The number of nitrogen functional groups attached to an aromatic ring is 1. The quantitative estimate of drug-likeness (QED) is 0.903. The highest BCUT2D eigenvalue weighted by atomic mass is 19.1. The average molecular weight is 245 g/mol. The highest BCUT2D eigenvalue weighted by molar-refractivity contribution is 5.58. The number of nitrogens with zero attached hydrogens (tertiary/aromatic N) is 2. The van der Waals surface area contributed by atoms with E-state index in [0.29, 0.717) is 17.2 Å². The molecule has 0 aliphatic rings. The first-order valence-corrected chi connectivity index (χ1v) is 5.99. The highest BCUT2D eigenvalue weighted by Gasteiger charge is 2.07. The molecule has 0 spiro atoms.